The summed E-state index contributed by atoms with van der Waals surface area (Å²) in [5.74, 6) is 2.60. The molecule has 1 aliphatic carbocycles. The summed E-state index contributed by atoms with van der Waals surface area (Å²) < 4.78 is 8.14. The summed E-state index contributed by atoms with van der Waals surface area (Å²) in [6.45, 7) is 1.61. The molecule has 1 amide bonds. The molecule has 8 nitrogen and oxygen atoms in total. The lowest BCUT2D eigenvalue weighted by Gasteiger charge is -2.30. The Hall–Kier alpha value is -3.91. The molecule has 0 spiro atoms. The monoisotopic (exact) mass is 511 g/mol. The van der Waals surface area contributed by atoms with E-state index in [4.69, 9.17) is 15.5 Å². The van der Waals surface area contributed by atoms with E-state index in [0.717, 1.165) is 59.6 Å². The molecular formula is C30H33N5O3. The molecule has 1 unspecified atom stereocenters. The second-order valence-corrected chi connectivity index (χ2v) is 10.4. The van der Waals surface area contributed by atoms with Gasteiger partial charge in [-0.1, -0.05) is 42.5 Å². The van der Waals surface area contributed by atoms with Gasteiger partial charge in [-0.05, 0) is 49.8 Å². The molecule has 0 radical (unpaired) electrons. The van der Waals surface area contributed by atoms with Crippen LogP contribution in [0.3, 0.4) is 0 Å². The van der Waals surface area contributed by atoms with E-state index in [9.17, 15) is 9.90 Å². The Morgan fingerprint density at radius 3 is 2.63 bits per heavy atom. The number of benzene rings is 2. The predicted molar refractivity (Wildman–Crippen MR) is 146 cm³/mol. The van der Waals surface area contributed by atoms with E-state index < -0.39 is 0 Å². The molecule has 1 aliphatic heterocycles. The molecule has 0 bridgehead atoms. The van der Waals surface area contributed by atoms with E-state index in [1.165, 1.54) is 0 Å². The average Bonchev–Trinajstić information content (AvgIpc) is 3.57. The summed E-state index contributed by atoms with van der Waals surface area (Å²) in [6.07, 6.45) is 7.35. The number of ether oxygens (including phenoxy) is 1. The lowest BCUT2D eigenvalue weighted by molar-refractivity contribution is -0.135. The third kappa shape index (κ3) is 4.84. The van der Waals surface area contributed by atoms with Crippen molar-refractivity contribution in [3.05, 3.63) is 78.4 Å². The van der Waals surface area contributed by atoms with E-state index in [2.05, 4.69) is 9.38 Å². The topological polar surface area (TPSA) is 106 Å². The average molecular weight is 512 g/mol. The van der Waals surface area contributed by atoms with Gasteiger partial charge in [0.1, 0.15) is 35.2 Å². The van der Waals surface area contributed by atoms with E-state index in [0.29, 0.717) is 31.9 Å². The fourth-order valence-corrected chi connectivity index (χ4v) is 5.85. The molecule has 3 N–H and O–H groups in total. The molecule has 6 rings (SSSR count). The van der Waals surface area contributed by atoms with Crippen LogP contribution in [0.25, 0.3) is 16.8 Å². The summed E-state index contributed by atoms with van der Waals surface area (Å²) in [5.41, 5.74) is 10.0. The summed E-state index contributed by atoms with van der Waals surface area (Å²) in [4.78, 5) is 24.3. The highest BCUT2D eigenvalue weighted by molar-refractivity contribution is 5.85. The minimum absolute atomic E-state index is 0.0208. The number of β-amino-alcohol motifs (C(OH)–C–C–N with tert-alkyl or cyclic N) is 1. The van der Waals surface area contributed by atoms with Gasteiger partial charge >= 0.3 is 0 Å². The van der Waals surface area contributed by atoms with Crippen molar-refractivity contribution < 1.29 is 14.6 Å². The van der Waals surface area contributed by atoms with Gasteiger partial charge in [-0.3, -0.25) is 9.20 Å². The Morgan fingerprint density at radius 2 is 1.87 bits per heavy atom. The first-order chi connectivity index (χ1) is 18.6. The van der Waals surface area contributed by atoms with E-state index in [1.54, 1.807) is 6.20 Å². The van der Waals surface area contributed by atoms with Gasteiger partial charge in [0.15, 0.2) is 0 Å². The second-order valence-electron chi connectivity index (χ2n) is 10.4. The number of carbonyl (C=O) groups excluding carboxylic acids is 1. The normalized spacial score (nSPS) is 21.6. The van der Waals surface area contributed by atoms with Crippen molar-refractivity contribution in [3.63, 3.8) is 0 Å². The second kappa shape index (κ2) is 10.5. The summed E-state index contributed by atoms with van der Waals surface area (Å²) in [7, 11) is 0. The fraction of sp³-hybridized carbons (Fsp3) is 0.367. The molecule has 2 aromatic heterocycles. The van der Waals surface area contributed by atoms with Crippen LogP contribution in [0.5, 0.6) is 5.75 Å². The van der Waals surface area contributed by atoms with Crippen LogP contribution in [0, 0.1) is 5.92 Å². The number of rotatable bonds is 6. The highest BCUT2D eigenvalue weighted by Gasteiger charge is 2.34. The molecule has 8 heteroatoms. The first kappa shape index (κ1) is 24.4. The maximum absolute atomic E-state index is 13.0. The third-order valence-corrected chi connectivity index (χ3v) is 7.88. The maximum atomic E-state index is 13.0. The minimum atomic E-state index is -0.383. The van der Waals surface area contributed by atoms with Gasteiger partial charge in [0.05, 0.1) is 6.10 Å². The zero-order valence-electron chi connectivity index (χ0n) is 21.4. The Morgan fingerprint density at radius 1 is 1.05 bits per heavy atom. The highest BCUT2D eigenvalue weighted by Crippen LogP contribution is 2.39. The van der Waals surface area contributed by atoms with Crippen molar-refractivity contribution in [1.29, 1.82) is 0 Å². The van der Waals surface area contributed by atoms with Crippen LogP contribution < -0.4 is 10.5 Å². The van der Waals surface area contributed by atoms with Crippen LogP contribution in [-0.4, -0.2) is 49.5 Å². The number of carbonyl (C=O) groups is 1. The quantitative estimate of drug-likeness (QED) is 0.397. The fourth-order valence-electron chi connectivity index (χ4n) is 5.85. The largest absolute Gasteiger partial charge is 0.489 e. The van der Waals surface area contributed by atoms with Gasteiger partial charge < -0.3 is 20.5 Å². The third-order valence-electron chi connectivity index (χ3n) is 7.88. The first-order valence-electron chi connectivity index (χ1n) is 13.4. The predicted octanol–water partition coefficient (Wildman–Crippen LogP) is 4.42. The van der Waals surface area contributed by atoms with Crippen LogP contribution >= 0.6 is 0 Å². The molecule has 1 atom stereocenters. The molecule has 2 fully saturated rings. The number of likely N-dealkylation sites (tertiary alicyclic amines) is 1. The number of hydrogen-bond acceptors (Lipinski definition) is 6. The SMILES string of the molecule is Nc1nccn2c(C3CCC(C(=O)N4CCC(O)C4)CC3)nc(-c3cccc(OCc4ccccc4)c3)c12. The Bertz CT molecular complexity index is 1430. The lowest BCUT2D eigenvalue weighted by Crippen LogP contribution is -2.36. The van der Waals surface area contributed by atoms with Gasteiger partial charge in [0, 0.05) is 42.9 Å². The standard InChI is InChI=1S/C30H33N5O3/c31-28-27-26(23-7-4-8-25(17-23)38-19-20-5-2-1-3-6-20)33-29(35(27)16-14-32-28)21-9-11-22(12-10-21)30(37)34-15-13-24(36)18-34/h1-8,14,16-17,21-22,24,36H,9-13,15,18-19H2,(H2,31,32). The number of anilines is 1. The van der Waals surface area contributed by atoms with Crippen molar-refractivity contribution in [1.82, 2.24) is 19.3 Å². The van der Waals surface area contributed by atoms with Crippen molar-refractivity contribution in [2.45, 2.75) is 50.7 Å². The van der Waals surface area contributed by atoms with Gasteiger partial charge in [-0.15, -0.1) is 0 Å². The Labute approximate surface area is 222 Å². The van der Waals surface area contributed by atoms with Crippen LogP contribution in [-0.2, 0) is 11.4 Å². The van der Waals surface area contributed by atoms with Crippen molar-refractivity contribution in [2.24, 2.45) is 5.92 Å². The Balaban J connectivity index is 1.23. The number of amides is 1. The van der Waals surface area contributed by atoms with Crippen molar-refractivity contribution in [2.75, 3.05) is 18.8 Å². The molecule has 38 heavy (non-hydrogen) atoms. The zero-order valence-corrected chi connectivity index (χ0v) is 21.4. The van der Waals surface area contributed by atoms with Gasteiger partial charge in [-0.25, -0.2) is 9.97 Å². The van der Waals surface area contributed by atoms with Crippen LogP contribution in [0.4, 0.5) is 5.82 Å². The highest BCUT2D eigenvalue weighted by atomic mass is 16.5. The number of aliphatic hydroxyl groups excluding tert-OH is 1. The first-order valence-corrected chi connectivity index (χ1v) is 13.4. The smallest absolute Gasteiger partial charge is 0.225 e. The number of nitrogens with two attached hydrogens (primary N) is 1. The number of nitrogen functional groups attached to an aromatic ring is 1. The number of aliphatic hydroxyl groups is 1. The number of imidazole rings is 1. The summed E-state index contributed by atoms with van der Waals surface area (Å²) in [5, 5.41) is 9.83. The maximum Gasteiger partial charge on any atom is 0.225 e. The van der Waals surface area contributed by atoms with E-state index in [1.807, 2.05) is 65.7 Å². The van der Waals surface area contributed by atoms with E-state index >= 15 is 0 Å². The molecule has 2 aromatic carbocycles. The minimum Gasteiger partial charge on any atom is -0.489 e. The molecule has 3 heterocycles. The van der Waals surface area contributed by atoms with E-state index in [-0.39, 0.29) is 23.8 Å². The molecule has 1 saturated heterocycles. The summed E-state index contributed by atoms with van der Waals surface area (Å²) in [6, 6.07) is 18.0. The zero-order chi connectivity index (χ0) is 26.1. The van der Waals surface area contributed by atoms with Crippen LogP contribution in [0.2, 0.25) is 0 Å². The molecule has 4 aromatic rings. The summed E-state index contributed by atoms with van der Waals surface area (Å²) >= 11 is 0. The Kier molecular flexibility index (Phi) is 6.72. The van der Waals surface area contributed by atoms with Gasteiger partial charge in [-0.2, -0.15) is 0 Å². The number of fused-ring (bicyclic) bond motifs is 1. The molecule has 196 valence electrons. The number of aromatic nitrogens is 3. The van der Waals surface area contributed by atoms with Crippen LogP contribution in [0.15, 0.2) is 67.0 Å². The van der Waals surface area contributed by atoms with Gasteiger partial charge in [0.25, 0.3) is 0 Å². The molecule has 2 aliphatic rings. The molecule has 1 saturated carbocycles. The van der Waals surface area contributed by atoms with Gasteiger partial charge in [0.2, 0.25) is 5.91 Å². The van der Waals surface area contributed by atoms with Crippen LogP contribution in [0.1, 0.15) is 49.4 Å². The lowest BCUT2D eigenvalue weighted by atomic mass is 9.81. The molecular weight excluding hydrogens is 478 g/mol. The van der Waals surface area contributed by atoms with Crippen molar-refractivity contribution >= 4 is 17.2 Å². The van der Waals surface area contributed by atoms with Crippen molar-refractivity contribution in [3.8, 4) is 17.0 Å². The number of nitrogens with zero attached hydrogens (tertiary/aromatic N) is 4. The number of hydrogen-bond donors (Lipinski definition) is 2.